The van der Waals surface area contributed by atoms with Crippen LogP contribution in [-0.4, -0.2) is 49.5 Å². The Kier molecular flexibility index (Phi) is 5.25. The Morgan fingerprint density at radius 2 is 1.64 bits per heavy atom. The highest BCUT2D eigenvalue weighted by molar-refractivity contribution is 6.21. The largest absolute Gasteiger partial charge is 0.493 e. The molecule has 0 radical (unpaired) electrons. The number of likely N-dealkylation sites (N-methyl/N-ethyl adjacent to an activating group) is 1. The maximum atomic E-state index is 12.4. The van der Waals surface area contributed by atoms with E-state index in [1.807, 2.05) is 0 Å². The van der Waals surface area contributed by atoms with E-state index in [2.05, 4.69) is 5.32 Å². The zero-order valence-corrected chi connectivity index (χ0v) is 15.1. The van der Waals surface area contributed by atoms with Crippen molar-refractivity contribution >= 4 is 23.7 Å². The first-order valence-electron chi connectivity index (χ1n) is 8.17. The standard InChI is InChI=1S/C19H16N2O7/c1-20-16(22)10-27-14-8-7-11(9-15(14)26-2)19(25)28-21-17(23)12-5-3-4-6-13(12)18(21)24/h3-9H,10H2,1-2H3,(H,20,22). The second-order valence-corrected chi connectivity index (χ2v) is 5.66. The van der Waals surface area contributed by atoms with Gasteiger partial charge in [-0.2, -0.15) is 0 Å². The third kappa shape index (κ3) is 3.50. The summed E-state index contributed by atoms with van der Waals surface area (Å²) in [4.78, 5) is 53.2. The molecule has 1 aliphatic heterocycles. The van der Waals surface area contributed by atoms with E-state index in [0.29, 0.717) is 5.06 Å². The number of carbonyl (C=O) groups is 4. The van der Waals surface area contributed by atoms with Gasteiger partial charge in [-0.05, 0) is 30.3 Å². The molecular formula is C19H16N2O7. The number of hydrogen-bond donors (Lipinski definition) is 1. The number of hydrogen-bond acceptors (Lipinski definition) is 7. The Hall–Kier alpha value is -3.88. The molecule has 0 saturated carbocycles. The lowest BCUT2D eigenvalue weighted by Gasteiger charge is -2.14. The molecular weight excluding hydrogens is 368 g/mol. The third-order valence-corrected chi connectivity index (χ3v) is 3.97. The van der Waals surface area contributed by atoms with Crippen molar-refractivity contribution in [2.75, 3.05) is 20.8 Å². The second-order valence-electron chi connectivity index (χ2n) is 5.66. The van der Waals surface area contributed by atoms with E-state index in [0.717, 1.165) is 0 Å². The number of methoxy groups -OCH3 is 1. The van der Waals surface area contributed by atoms with E-state index in [-0.39, 0.29) is 40.7 Å². The van der Waals surface area contributed by atoms with Crippen LogP contribution in [-0.2, 0) is 9.63 Å². The van der Waals surface area contributed by atoms with Crippen LogP contribution < -0.4 is 14.8 Å². The molecule has 2 aromatic rings. The third-order valence-electron chi connectivity index (χ3n) is 3.97. The van der Waals surface area contributed by atoms with Gasteiger partial charge in [0.25, 0.3) is 17.7 Å². The molecule has 3 amide bonds. The van der Waals surface area contributed by atoms with Gasteiger partial charge in [-0.1, -0.05) is 17.2 Å². The van der Waals surface area contributed by atoms with Gasteiger partial charge in [-0.15, -0.1) is 0 Å². The molecule has 0 aromatic heterocycles. The Morgan fingerprint density at radius 1 is 1.00 bits per heavy atom. The molecule has 9 nitrogen and oxygen atoms in total. The highest BCUT2D eigenvalue weighted by Crippen LogP contribution is 2.29. The molecule has 0 bridgehead atoms. The summed E-state index contributed by atoms with van der Waals surface area (Å²) in [5.74, 6) is -2.27. The van der Waals surface area contributed by atoms with Crippen LogP contribution in [0.4, 0.5) is 0 Å². The minimum Gasteiger partial charge on any atom is -0.493 e. The predicted molar refractivity (Wildman–Crippen MR) is 94.9 cm³/mol. The van der Waals surface area contributed by atoms with Gasteiger partial charge in [0.15, 0.2) is 18.1 Å². The van der Waals surface area contributed by atoms with Gasteiger partial charge in [0.2, 0.25) is 0 Å². The fraction of sp³-hybridized carbons (Fsp3) is 0.158. The molecule has 9 heteroatoms. The van der Waals surface area contributed by atoms with Crippen molar-refractivity contribution in [2.45, 2.75) is 0 Å². The van der Waals surface area contributed by atoms with Gasteiger partial charge in [0.05, 0.1) is 23.8 Å². The summed E-state index contributed by atoms with van der Waals surface area (Å²) >= 11 is 0. The van der Waals surface area contributed by atoms with E-state index in [1.165, 1.54) is 44.5 Å². The maximum absolute atomic E-state index is 12.4. The number of carbonyl (C=O) groups excluding carboxylic acids is 4. The van der Waals surface area contributed by atoms with Gasteiger partial charge in [-0.3, -0.25) is 14.4 Å². The van der Waals surface area contributed by atoms with Crippen LogP contribution in [0.5, 0.6) is 11.5 Å². The zero-order chi connectivity index (χ0) is 20.3. The first kappa shape index (κ1) is 18.9. The number of benzene rings is 2. The molecule has 0 atom stereocenters. The fourth-order valence-corrected chi connectivity index (χ4v) is 2.51. The van der Waals surface area contributed by atoms with Crippen LogP contribution in [0.25, 0.3) is 0 Å². The molecule has 0 fully saturated rings. The second kappa shape index (κ2) is 7.78. The van der Waals surface area contributed by atoms with Crippen molar-refractivity contribution in [3.8, 4) is 11.5 Å². The van der Waals surface area contributed by atoms with Gasteiger partial charge in [0, 0.05) is 7.05 Å². The Morgan fingerprint density at radius 3 is 2.21 bits per heavy atom. The molecule has 0 saturated heterocycles. The number of imide groups is 1. The summed E-state index contributed by atoms with van der Waals surface area (Å²) in [7, 11) is 2.84. The van der Waals surface area contributed by atoms with E-state index in [4.69, 9.17) is 14.3 Å². The first-order chi connectivity index (χ1) is 13.5. The summed E-state index contributed by atoms with van der Waals surface area (Å²) in [6.45, 7) is -0.230. The normalized spacial score (nSPS) is 12.4. The monoisotopic (exact) mass is 384 g/mol. The summed E-state index contributed by atoms with van der Waals surface area (Å²) < 4.78 is 10.5. The van der Waals surface area contributed by atoms with Crippen molar-refractivity contribution in [2.24, 2.45) is 0 Å². The zero-order valence-electron chi connectivity index (χ0n) is 15.1. The lowest BCUT2D eigenvalue weighted by Crippen LogP contribution is -2.32. The molecule has 3 rings (SSSR count). The molecule has 0 aliphatic carbocycles. The van der Waals surface area contributed by atoms with Crippen LogP contribution in [0.15, 0.2) is 42.5 Å². The van der Waals surface area contributed by atoms with Crippen molar-refractivity contribution < 1.29 is 33.5 Å². The number of nitrogens with zero attached hydrogens (tertiary/aromatic N) is 1. The van der Waals surface area contributed by atoms with E-state index in [1.54, 1.807) is 12.1 Å². The maximum Gasteiger partial charge on any atom is 0.364 e. The molecule has 2 aromatic carbocycles. The number of rotatable bonds is 6. The predicted octanol–water partition coefficient (Wildman–Crippen LogP) is 1.19. The topological polar surface area (TPSA) is 111 Å². The van der Waals surface area contributed by atoms with Crippen LogP contribution in [0.3, 0.4) is 0 Å². The lowest BCUT2D eigenvalue weighted by atomic mass is 10.1. The van der Waals surface area contributed by atoms with Crippen molar-refractivity contribution in [3.63, 3.8) is 0 Å². The highest BCUT2D eigenvalue weighted by atomic mass is 16.7. The van der Waals surface area contributed by atoms with E-state index in [9.17, 15) is 19.2 Å². The molecule has 0 spiro atoms. The lowest BCUT2D eigenvalue weighted by molar-refractivity contribution is -0.122. The average molecular weight is 384 g/mol. The molecule has 0 unspecified atom stereocenters. The number of nitrogens with one attached hydrogen (secondary N) is 1. The van der Waals surface area contributed by atoms with Gasteiger partial charge < -0.3 is 19.6 Å². The van der Waals surface area contributed by atoms with Gasteiger partial charge >= 0.3 is 5.97 Å². The van der Waals surface area contributed by atoms with Crippen molar-refractivity contribution in [1.29, 1.82) is 0 Å². The van der Waals surface area contributed by atoms with E-state index < -0.39 is 17.8 Å². The number of ether oxygens (including phenoxy) is 2. The Balaban J connectivity index is 1.75. The molecule has 1 N–H and O–H groups in total. The molecule has 28 heavy (non-hydrogen) atoms. The summed E-state index contributed by atoms with van der Waals surface area (Å²) in [5, 5.41) is 2.84. The van der Waals surface area contributed by atoms with Gasteiger partial charge in [0.1, 0.15) is 0 Å². The Bertz CT molecular complexity index is 936. The number of fused-ring (bicyclic) bond motifs is 1. The van der Waals surface area contributed by atoms with Gasteiger partial charge in [-0.25, -0.2) is 4.79 Å². The molecule has 1 aliphatic rings. The summed E-state index contributed by atoms with van der Waals surface area (Å²) in [6, 6.07) is 10.3. The molecule has 144 valence electrons. The number of hydroxylamine groups is 2. The average Bonchev–Trinajstić information content (AvgIpc) is 2.96. The highest BCUT2D eigenvalue weighted by Gasteiger charge is 2.38. The Labute approximate surface area is 159 Å². The SMILES string of the molecule is CNC(=O)COc1ccc(C(=O)ON2C(=O)c3ccccc3C2=O)cc1OC. The van der Waals surface area contributed by atoms with E-state index >= 15 is 0 Å². The summed E-state index contributed by atoms with van der Waals surface area (Å²) in [6.07, 6.45) is 0. The van der Waals surface area contributed by atoms with Crippen LogP contribution in [0, 0.1) is 0 Å². The van der Waals surface area contributed by atoms with Crippen molar-refractivity contribution in [3.05, 3.63) is 59.2 Å². The van der Waals surface area contributed by atoms with Crippen LogP contribution in [0.2, 0.25) is 0 Å². The number of amides is 3. The van der Waals surface area contributed by atoms with Crippen LogP contribution >= 0.6 is 0 Å². The van der Waals surface area contributed by atoms with Crippen molar-refractivity contribution in [1.82, 2.24) is 10.4 Å². The minimum atomic E-state index is -0.925. The smallest absolute Gasteiger partial charge is 0.364 e. The van der Waals surface area contributed by atoms with Crippen LogP contribution in [0.1, 0.15) is 31.1 Å². The first-order valence-corrected chi connectivity index (χ1v) is 8.17. The molecule has 1 heterocycles. The quantitative estimate of drug-likeness (QED) is 0.745. The fourth-order valence-electron chi connectivity index (χ4n) is 2.51. The summed E-state index contributed by atoms with van der Waals surface area (Å²) in [5.41, 5.74) is 0.354. The minimum absolute atomic E-state index is 0.0284.